The number of nitrogens with zero attached hydrogens (tertiary/aromatic N) is 3. The fourth-order valence-electron chi connectivity index (χ4n) is 2.66. The third-order valence-electron chi connectivity index (χ3n) is 3.91. The molecule has 5 nitrogen and oxygen atoms in total. The van der Waals surface area contributed by atoms with Gasteiger partial charge in [0.25, 0.3) is 0 Å². The number of hydrogen-bond donors (Lipinski definition) is 2. The molecule has 0 saturated carbocycles. The van der Waals surface area contributed by atoms with Crippen LogP contribution in [0.4, 0.5) is 0 Å². The molecule has 1 aromatic rings. The number of pyridine rings is 1. The smallest absolute Gasteiger partial charge is 0.191 e. The van der Waals surface area contributed by atoms with Crippen LogP contribution >= 0.6 is 24.0 Å². The van der Waals surface area contributed by atoms with Gasteiger partial charge in [0, 0.05) is 38.4 Å². The van der Waals surface area contributed by atoms with Crippen molar-refractivity contribution in [2.24, 2.45) is 10.9 Å². The monoisotopic (exact) mass is 471 g/mol. The molecule has 1 atom stereocenters. The van der Waals surface area contributed by atoms with Crippen LogP contribution < -0.4 is 10.6 Å². The SMILES string of the molecule is C=CCN(CC=C)C(CNC(=NCc1ccccn1)NCC)C(C)C.I. The van der Waals surface area contributed by atoms with E-state index in [0.29, 0.717) is 18.5 Å². The lowest BCUT2D eigenvalue weighted by Gasteiger charge is -2.33. The summed E-state index contributed by atoms with van der Waals surface area (Å²) in [5.74, 6) is 1.32. The molecule has 0 aliphatic heterocycles. The lowest BCUT2D eigenvalue weighted by Crippen LogP contribution is -2.49. The van der Waals surface area contributed by atoms with Crippen LogP contribution in [0.5, 0.6) is 0 Å². The van der Waals surface area contributed by atoms with E-state index in [0.717, 1.165) is 37.8 Å². The molecule has 146 valence electrons. The summed E-state index contributed by atoms with van der Waals surface area (Å²) in [6, 6.07) is 6.25. The van der Waals surface area contributed by atoms with E-state index in [-0.39, 0.29) is 24.0 Å². The minimum atomic E-state index is 0. The second-order valence-corrected chi connectivity index (χ2v) is 6.24. The van der Waals surface area contributed by atoms with Gasteiger partial charge in [-0.25, -0.2) is 4.99 Å². The normalized spacial score (nSPS) is 12.4. The van der Waals surface area contributed by atoms with Crippen molar-refractivity contribution in [3.8, 4) is 0 Å². The molecule has 0 aliphatic rings. The summed E-state index contributed by atoms with van der Waals surface area (Å²) in [4.78, 5) is 11.3. The topological polar surface area (TPSA) is 52.5 Å². The molecule has 0 aliphatic carbocycles. The van der Waals surface area contributed by atoms with Gasteiger partial charge >= 0.3 is 0 Å². The number of aliphatic imine (C=N–C) groups is 1. The second kappa shape index (κ2) is 14.7. The summed E-state index contributed by atoms with van der Waals surface area (Å²) < 4.78 is 0. The van der Waals surface area contributed by atoms with Crippen LogP contribution in [-0.2, 0) is 6.54 Å². The molecule has 0 spiro atoms. The van der Waals surface area contributed by atoms with Crippen molar-refractivity contribution >= 4 is 29.9 Å². The zero-order valence-corrected chi connectivity index (χ0v) is 18.6. The Balaban J connectivity index is 0.00000625. The van der Waals surface area contributed by atoms with Gasteiger partial charge in [0.05, 0.1) is 12.2 Å². The zero-order chi connectivity index (χ0) is 18.5. The van der Waals surface area contributed by atoms with Crippen LogP contribution in [0.25, 0.3) is 0 Å². The Morgan fingerprint density at radius 2 is 1.92 bits per heavy atom. The van der Waals surface area contributed by atoms with E-state index in [1.165, 1.54) is 0 Å². The number of nitrogens with one attached hydrogen (secondary N) is 2. The summed E-state index contributed by atoms with van der Waals surface area (Å²) >= 11 is 0. The predicted octanol–water partition coefficient (Wildman–Crippen LogP) is 3.45. The Hall–Kier alpha value is -1.41. The molecule has 1 aromatic heterocycles. The first-order chi connectivity index (χ1) is 12.1. The van der Waals surface area contributed by atoms with E-state index in [2.05, 4.69) is 59.4 Å². The number of guanidine groups is 1. The maximum atomic E-state index is 4.64. The van der Waals surface area contributed by atoms with Crippen LogP contribution in [0.15, 0.2) is 54.7 Å². The molecule has 0 fully saturated rings. The molecule has 1 heterocycles. The van der Waals surface area contributed by atoms with Gasteiger partial charge in [0.15, 0.2) is 5.96 Å². The van der Waals surface area contributed by atoms with Gasteiger partial charge < -0.3 is 10.6 Å². The molecular formula is C20H34IN5. The molecule has 6 heteroatoms. The van der Waals surface area contributed by atoms with Crippen LogP contribution in [0, 0.1) is 5.92 Å². The molecule has 0 amide bonds. The highest BCUT2D eigenvalue weighted by Crippen LogP contribution is 2.10. The Kier molecular flexibility index (Phi) is 13.9. The largest absolute Gasteiger partial charge is 0.357 e. The third kappa shape index (κ3) is 9.33. The lowest BCUT2D eigenvalue weighted by atomic mass is 10.0. The average molecular weight is 471 g/mol. The van der Waals surface area contributed by atoms with Crippen molar-refractivity contribution < 1.29 is 0 Å². The highest BCUT2D eigenvalue weighted by Gasteiger charge is 2.20. The highest BCUT2D eigenvalue weighted by atomic mass is 127. The van der Waals surface area contributed by atoms with Crippen LogP contribution in [0.2, 0.25) is 0 Å². The maximum absolute atomic E-state index is 4.64. The summed E-state index contributed by atoms with van der Waals surface area (Å²) in [6.45, 7) is 18.2. The number of aromatic nitrogens is 1. The third-order valence-corrected chi connectivity index (χ3v) is 3.91. The van der Waals surface area contributed by atoms with Crippen molar-refractivity contribution in [1.29, 1.82) is 0 Å². The van der Waals surface area contributed by atoms with Gasteiger partial charge in [-0.15, -0.1) is 37.1 Å². The van der Waals surface area contributed by atoms with E-state index in [1.54, 1.807) is 6.20 Å². The van der Waals surface area contributed by atoms with Gasteiger partial charge in [-0.1, -0.05) is 32.1 Å². The molecule has 26 heavy (non-hydrogen) atoms. The quantitative estimate of drug-likeness (QED) is 0.225. The zero-order valence-electron chi connectivity index (χ0n) is 16.3. The summed E-state index contributed by atoms with van der Waals surface area (Å²) in [5.41, 5.74) is 0.958. The van der Waals surface area contributed by atoms with Crippen molar-refractivity contribution in [2.45, 2.75) is 33.4 Å². The fourth-order valence-corrected chi connectivity index (χ4v) is 2.66. The Morgan fingerprint density at radius 1 is 1.23 bits per heavy atom. The van der Waals surface area contributed by atoms with Crippen molar-refractivity contribution in [1.82, 2.24) is 20.5 Å². The minimum absolute atomic E-state index is 0. The Labute approximate surface area is 176 Å². The number of hydrogen-bond acceptors (Lipinski definition) is 3. The molecule has 1 unspecified atom stereocenters. The molecule has 0 aromatic carbocycles. The summed E-state index contributed by atoms with van der Waals surface area (Å²) in [5, 5.41) is 6.77. The van der Waals surface area contributed by atoms with Gasteiger partial charge in [-0.2, -0.15) is 0 Å². The minimum Gasteiger partial charge on any atom is -0.357 e. The summed E-state index contributed by atoms with van der Waals surface area (Å²) in [6.07, 6.45) is 5.68. The van der Waals surface area contributed by atoms with Crippen molar-refractivity contribution in [3.63, 3.8) is 0 Å². The van der Waals surface area contributed by atoms with Crippen molar-refractivity contribution in [2.75, 3.05) is 26.2 Å². The maximum Gasteiger partial charge on any atom is 0.191 e. The lowest BCUT2D eigenvalue weighted by molar-refractivity contribution is 0.190. The second-order valence-electron chi connectivity index (χ2n) is 6.24. The summed E-state index contributed by atoms with van der Waals surface area (Å²) in [7, 11) is 0. The molecular weight excluding hydrogens is 437 g/mol. The highest BCUT2D eigenvalue weighted by molar-refractivity contribution is 14.0. The van der Waals surface area contributed by atoms with Crippen LogP contribution in [0.1, 0.15) is 26.5 Å². The average Bonchev–Trinajstić information content (AvgIpc) is 2.60. The van der Waals surface area contributed by atoms with E-state index < -0.39 is 0 Å². The van der Waals surface area contributed by atoms with E-state index >= 15 is 0 Å². The van der Waals surface area contributed by atoms with Crippen LogP contribution in [-0.4, -0.2) is 48.1 Å². The first-order valence-electron chi connectivity index (χ1n) is 9.00. The molecule has 1 rings (SSSR count). The number of halogens is 1. The van der Waals surface area contributed by atoms with E-state index in [9.17, 15) is 0 Å². The standard InChI is InChI=1S/C20H33N5.HI/c1-6-13-25(14-7-2)19(17(4)5)16-24-20(21-8-3)23-15-18-11-9-10-12-22-18;/h6-7,9-12,17,19H,1-2,8,13-16H2,3-5H3,(H2,21,23,24);1H. The molecule has 0 radical (unpaired) electrons. The van der Waals surface area contributed by atoms with E-state index in [4.69, 9.17) is 0 Å². The van der Waals surface area contributed by atoms with Gasteiger partial charge in [-0.3, -0.25) is 9.88 Å². The molecule has 0 saturated heterocycles. The van der Waals surface area contributed by atoms with Gasteiger partial charge in [0.1, 0.15) is 0 Å². The molecule has 2 N–H and O–H groups in total. The molecule has 0 bridgehead atoms. The fraction of sp³-hybridized carbons (Fsp3) is 0.500. The number of rotatable bonds is 11. The first kappa shape index (κ1) is 24.6. The van der Waals surface area contributed by atoms with E-state index in [1.807, 2.05) is 30.4 Å². The Morgan fingerprint density at radius 3 is 2.42 bits per heavy atom. The first-order valence-corrected chi connectivity index (χ1v) is 9.00. The van der Waals surface area contributed by atoms with Gasteiger partial charge in [0.2, 0.25) is 0 Å². The predicted molar refractivity (Wildman–Crippen MR) is 123 cm³/mol. The van der Waals surface area contributed by atoms with Crippen molar-refractivity contribution in [3.05, 3.63) is 55.4 Å². The van der Waals surface area contributed by atoms with Crippen LogP contribution in [0.3, 0.4) is 0 Å². The Bertz CT molecular complexity index is 520. The van der Waals surface area contributed by atoms with Gasteiger partial charge in [-0.05, 0) is 25.0 Å².